The molecule has 0 unspecified atom stereocenters. The van der Waals surface area contributed by atoms with E-state index in [4.69, 9.17) is 4.52 Å². The second-order valence-electron chi connectivity index (χ2n) is 4.23. The van der Waals surface area contributed by atoms with Gasteiger partial charge in [0.1, 0.15) is 5.00 Å². The Morgan fingerprint density at radius 2 is 2.05 bits per heavy atom. The van der Waals surface area contributed by atoms with Crippen LogP contribution in [0.25, 0.3) is 11.3 Å². The van der Waals surface area contributed by atoms with Crippen LogP contribution in [0.1, 0.15) is 16.2 Å². The van der Waals surface area contributed by atoms with Crippen molar-refractivity contribution in [1.29, 1.82) is 0 Å². The number of nitrogens with zero attached hydrogens (tertiary/aromatic N) is 2. The molecule has 1 N–H and O–H groups in total. The number of anilines is 1. The van der Waals surface area contributed by atoms with E-state index in [1.54, 1.807) is 12.1 Å². The number of aryl methyl sites for hydroxylation is 1. The van der Waals surface area contributed by atoms with Crippen molar-refractivity contribution < 1.29 is 9.32 Å². The van der Waals surface area contributed by atoms with Crippen LogP contribution < -0.4 is 5.32 Å². The van der Waals surface area contributed by atoms with E-state index in [9.17, 15) is 4.79 Å². The maximum Gasteiger partial charge on any atom is 0.278 e. The third-order valence-corrected chi connectivity index (χ3v) is 3.46. The Hall–Kier alpha value is -2.47. The topological polar surface area (TPSA) is 68.0 Å². The minimum atomic E-state index is -0.306. The minimum absolute atomic E-state index is 0.245. The lowest BCUT2D eigenvalue weighted by atomic mass is 10.1. The normalized spacial score (nSPS) is 10.4. The molecule has 0 spiro atoms. The molecule has 3 rings (SSSR count). The zero-order valence-electron chi connectivity index (χ0n) is 10.7. The predicted molar refractivity (Wildman–Crippen MR) is 76.7 cm³/mol. The van der Waals surface area contributed by atoms with E-state index in [0.717, 1.165) is 11.3 Å². The number of hydrogen-bond acceptors (Lipinski definition) is 5. The van der Waals surface area contributed by atoms with Gasteiger partial charge in [-0.3, -0.25) is 4.79 Å². The average molecular weight is 285 g/mol. The van der Waals surface area contributed by atoms with Crippen LogP contribution in [0.4, 0.5) is 5.00 Å². The molecule has 5 nitrogen and oxygen atoms in total. The fourth-order valence-electron chi connectivity index (χ4n) is 1.72. The van der Waals surface area contributed by atoms with Crippen molar-refractivity contribution in [2.45, 2.75) is 6.92 Å². The minimum Gasteiger partial charge on any atom is -0.355 e. The van der Waals surface area contributed by atoms with Crippen molar-refractivity contribution >= 4 is 22.4 Å². The van der Waals surface area contributed by atoms with Gasteiger partial charge in [0.15, 0.2) is 11.5 Å². The molecule has 100 valence electrons. The van der Waals surface area contributed by atoms with Gasteiger partial charge in [-0.2, -0.15) is 4.37 Å². The summed E-state index contributed by atoms with van der Waals surface area (Å²) in [5.41, 5.74) is 2.00. The van der Waals surface area contributed by atoms with Gasteiger partial charge in [0.2, 0.25) is 0 Å². The quantitative estimate of drug-likeness (QED) is 0.801. The molecule has 0 aliphatic rings. The molecular weight excluding hydrogens is 274 g/mol. The van der Waals surface area contributed by atoms with Gasteiger partial charge in [-0.1, -0.05) is 35.5 Å². The van der Waals surface area contributed by atoms with E-state index in [1.165, 1.54) is 11.5 Å². The Bertz CT molecular complexity index is 734. The highest BCUT2D eigenvalue weighted by molar-refractivity contribution is 7.10. The Morgan fingerprint density at radius 1 is 1.25 bits per heavy atom. The number of rotatable bonds is 3. The number of aromatic nitrogens is 2. The smallest absolute Gasteiger partial charge is 0.278 e. The number of hydrogen-bond donors (Lipinski definition) is 1. The third-order valence-electron chi connectivity index (χ3n) is 2.67. The molecule has 2 heterocycles. The van der Waals surface area contributed by atoms with E-state index in [-0.39, 0.29) is 11.6 Å². The third kappa shape index (κ3) is 2.60. The summed E-state index contributed by atoms with van der Waals surface area (Å²) in [7, 11) is 0. The monoisotopic (exact) mass is 285 g/mol. The first-order valence-electron chi connectivity index (χ1n) is 5.99. The van der Waals surface area contributed by atoms with Crippen molar-refractivity contribution in [3.05, 3.63) is 53.9 Å². The summed E-state index contributed by atoms with van der Waals surface area (Å²) in [5.74, 6) is 0.260. The van der Waals surface area contributed by atoms with Crippen LogP contribution in [0.15, 0.2) is 47.0 Å². The number of carbonyl (C=O) groups excluding carboxylic acids is 1. The molecule has 1 aromatic carbocycles. The molecule has 0 atom stereocenters. The van der Waals surface area contributed by atoms with Gasteiger partial charge in [-0.15, -0.1) is 0 Å². The molecule has 0 saturated heterocycles. The Labute approximate surface area is 119 Å². The van der Waals surface area contributed by atoms with Crippen molar-refractivity contribution in [3.8, 4) is 11.3 Å². The maximum atomic E-state index is 12.0. The zero-order chi connectivity index (χ0) is 13.9. The first kappa shape index (κ1) is 12.6. The van der Waals surface area contributed by atoms with Crippen LogP contribution in [-0.4, -0.2) is 15.4 Å². The molecular formula is C14H11N3O2S. The van der Waals surface area contributed by atoms with Gasteiger partial charge in [-0.05, 0) is 24.5 Å². The molecule has 3 aromatic rings. The Morgan fingerprint density at radius 3 is 2.75 bits per heavy atom. The molecule has 0 radical (unpaired) electrons. The molecule has 2 aromatic heterocycles. The summed E-state index contributed by atoms with van der Waals surface area (Å²) in [4.78, 5) is 12.0. The summed E-state index contributed by atoms with van der Waals surface area (Å²) >= 11 is 1.24. The molecule has 0 aliphatic carbocycles. The summed E-state index contributed by atoms with van der Waals surface area (Å²) in [6.07, 6.45) is 0. The molecule has 1 amide bonds. The fraction of sp³-hybridized carbons (Fsp3) is 0.0714. The van der Waals surface area contributed by atoms with Crippen molar-refractivity contribution in [1.82, 2.24) is 9.53 Å². The number of benzene rings is 1. The van der Waals surface area contributed by atoms with E-state index in [2.05, 4.69) is 14.8 Å². The highest BCUT2D eigenvalue weighted by atomic mass is 32.1. The van der Waals surface area contributed by atoms with Crippen LogP contribution in [0, 0.1) is 6.92 Å². The predicted octanol–water partition coefficient (Wildman–Crippen LogP) is 3.36. The van der Waals surface area contributed by atoms with Crippen molar-refractivity contribution in [3.63, 3.8) is 0 Å². The summed E-state index contributed by atoms with van der Waals surface area (Å²) in [6.45, 7) is 1.87. The highest BCUT2D eigenvalue weighted by Gasteiger charge is 2.14. The second kappa shape index (κ2) is 5.26. The van der Waals surface area contributed by atoms with E-state index < -0.39 is 0 Å². The lowest BCUT2D eigenvalue weighted by Gasteiger charge is -1.96. The molecule has 20 heavy (non-hydrogen) atoms. The Kier molecular flexibility index (Phi) is 3.30. The summed E-state index contributed by atoms with van der Waals surface area (Å²) in [5, 5.41) is 7.22. The first-order chi connectivity index (χ1) is 9.72. The molecule has 6 heteroatoms. The summed E-state index contributed by atoms with van der Waals surface area (Å²) < 4.78 is 9.29. The van der Waals surface area contributed by atoms with Gasteiger partial charge in [0, 0.05) is 11.6 Å². The van der Waals surface area contributed by atoms with Crippen molar-refractivity contribution in [2.24, 2.45) is 0 Å². The fourth-order valence-corrected chi connectivity index (χ4v) is 2.38. The van der Waals surface area contributed by atoms with Gasteiger partial charge < -0.3 is 9.84 Å². The first-order valence-corrected chi connectivity index (χ1v) is 6.76. The van der Waals surface area contributed by atoms with Crippen LogP contribution in [0.3, 0.4) is 0 Å². The average Bonchev–Trinajstić information content (AvgIpc) is 3.09. The zero-order valence-corrected chi connectivity index (χ0v) is 11.5. The molecule has 0 saturated carbocycles. The largest absolute Gasteiger partial charge is 0.355 e. The SMILES string of the molecule is Cc1cc(NC(=O)c2cc(-c3ccccc3)on2)sn1. The van der Waals surface area contributed by atoms with Crippen LogP contribution >= 0.6 is 11.5 Å². The Balaban J connectivity index is 1.78. The van der Waals surface area contributed by atoms with E-state index in [0.29, 0.717) is 10.8 Å². The van der Waals surface area contributed by atoms with Crippen molar-refractivity contribution in [2.75, 3.05) is 5.32 Å². The standard InChI is InChI=1S/C14H11N3O2S/c1-9-7-13(20-17-9)15-14(18)11-8-12(19-16-11)10-5-3-2-4-6-10/h2-8H,1H3,(H,15,18). The highest BCUT2D eigenvalue weighted by Crippen LogP contribution is 2.21. The van der Waals surface area contributed by atoms with Crippen LogP contribution in [0.5, 0.6) is 0 Å². The second-order valence-corrected chi connectivity index (χ2v) is 5.03. The van der Waals surface area contributed by atoms with Crippen LogP contribution in [0.2, 0.25) is 0 Å². The molecule has 0 bridgehead atoms. The van der Waals surface area contributed by atoms with Gasteiger partial charge >= 0.3 is 0 Å². The summed E-state index contributed by atoms with van der Waals surface area (Å²) in [6, 6.07) is 12.9. The van der Waals surface area contributed by atoms with E-state index in [1.807, 2.05) is 37.3 Å². The van der Waals surface area contributed by atoms with Crippen LogP contribution in [-0.2, 0) is 0 Å². The van der Waals surface area contributed by atoms with E-state index >= 15 is 0 Å². The number of nitrogens with one attached hydrogen (secondary N) is 1. The lowest BCUT2D eigenvalue weighted by Crippen LogP contribution is -2.10. The molecule has 0 fully saturated rings. The van der Waals surface area contributed by atoms with Gasteiger partial charge in [0.25, 0.3) is 5.91 Å². The van der Waals surface area contributed by atoms with Gasteiger partial charge in [-0.25, -0.2) is 0 Å². The maximum absolute atomic E-state index is 12.0. The lowest BCUT2D eigenvalue weighted by molar-refractivity contribution is 0.101. The molecule has 0 aliphatic heterocycles. The van der Waals surface area contributed by atoms with Gasteiger partial charge in [0.05, 0.1) is 5.69 Å². The number of amides is 1. The number of carbonyl (C=O) groups is 1.